The molecular formula is C22H33N5O2. The number of rotatable bonds is 5. The maximum absolute atomic E-state index is 12.5. The molecule has 1 amide bonds. The second-order valence-electron chi connectivity index (χ2n) is 9.10. The summed E-state index contributed by atoms with van der Waals surface area (Å²) in [7, 11) is 3.95. The summed E-state index contributed by atoms with van der Waals surface area (Å²) < 4.78 is 5.51. The number of para-hydroxylation sites is 1. The molecule has 7 heteroatoms. The minimum atomic E-state index is -0.518. The van der Waals surface area contributed by atoms with E-state index in [0.29, 0.717) is 12.5 Å². The monoisotopic (exact) mass is 399 g/mol. The third-order valence-corrected chi connectivity index (χ3v) is 5.17. The van der Waals surface area contributed by atoms with Crippen LogP contribution in [0, 0.1) is 0 Å². The van der Waals surface area contributed by atoms with Crippen LogP contribution < -0.4 is 15.5 Å². The van der Waals surface area contributed by atoms with Crippen LogP contribution in [0.4, 0.5) is 16.6 Å². The molecule has 1 aliphatic rings. The summed E-state index contributed by atoms with van der Waals surface area (Å²) in [4.78, 5) is 23.8. The van der Waals surface area contributed by atoms with Crippen LogP contribution in [0.5, 0.6) is 0 Å². The van der Waals surface area contributed by atoms with Gasteiger partial charge in [-0.2, -0.15) is 4.98 Å². The number of nitrogens with one attached hydrogen (secondary N) is 2. The van der Waals surface area contributed by atoms with Gasteiger partial charge in [0.05, 0.1) is 11.1 Å². The fraction of sp³-hybridized carbons (Fsp3) is 0.591. The van der Waals surface area contributed by atoms with E-state index in [1.165, 1.54) is 6.42 Å². The third kappa shape index (κ3) is 5.49. The summed E-state index contributed by atoms with van der Waals surface area (Å²) >= 11 is 0. The first-order chi connectivity index (χ1) is 13.7. The normalized spacial score (nSPS) is 16.3. The SMILES string of the molecule is CN(C)c1nc(NCC2(NC(=O)OC(C)(C)C)CCCCC2)nc2ccccc12. The summed E-state index contributed by atoms with van der Waals surface area (Å²) in [6.07, 6.45) is 4.81. The van der Waals surface area contributed by atoms with Gasteiger partial charge in [-0.1, -0.05) is 31.4 Å². The molecule has 7 nitrogen and oxygen atoms in total. The highest BCUT2D eigenvalue weighted by atomic mass is 16.6. The molecule has 1 saturated carbocycles. The van der Waals surface area contributed by atoms with Gasteiger partial charge < -0.3 is 20.3 Å². The summed E-state index contributed by atoms with van der Waals surface area (Å²) in [5, 5.41) is 7.55. The lowest BCUT2D eigenvalue weighted by Crippen LogP contribution is -2.55. The van der Waals surface area contributed by atoms with E-state index >= 15 is 0 Å². The van der Waals surface area contributed by atoms with Crippen LogP contribution in [-0.2, 0) is 4.74 Å². The van der Waals surface area contributed by atoms with Crippen molar-refractivity contribution in [3.63, 3.8) is 0 Å². The van der Waals surface area contributed by atoms with Gasteiger partial charge in [-0.05, 0) is 45.7 Å². The lowest BCUT2D eigenvalue weighted by Gasteiger charge is -2.38. The second-order valence-corrected chi connectivity index (χ2v) is 9.10. The van der Waals surface area contributed by atoms with Crippen LogP contribution in [0.3, 0.4) is 0 Å². The predicted molar refractivity (Wildman–Crippen MR) is 118 cm³/mol. The minimum Gasteiger partial charge on any atom is -0.444 e. The van der Waals surface area contributed by atoms with Crippen molar-refractivity contribution in [2.45, 2.75) is 64.0 Å². The minimum absolute atomic E-state index is 0.353. The first-order valence-corrected chi connectivity index (χ1v) is 10.4. The van der Waals surface area contributed by atoms with Gasteiger partial charge in [0.1, 0.15) is 11.4 Å². The highest BCUT2D eigenvalue weighted by Crippen LogP contribution is 2.30. The number of hydrogen-bond donors (Lipinski definition) is 2. The van der Waals surface area contributed by atoms with Crippen LogP contribution in [0.1, 0.15) is 52.9 Å². The summed E-state index contributed by atoms with van der Waals surface area (Å²) in [6.45, 7) is 6.20. The van der Waals surface area contributed by atoms with Gasteiger partial charge in [-0.3, -0.25) is 0 Å². The molecule has 158 valence electrons. The Morgan fingerprint density at radius 1 is 1.14 bits per heavy atom. The van der Waals surface area contributed by atoms with Crippen LogP contribution in [0.25, 0.3) is 10.9 Å². The van der Waals surface area contributed by atoms with Crippen LogP contribution in [-0.4, -0.2) is 47.8 Å². The summed E-state index contributed by atoms with van der Waals surface area (Å²) in [6, 6.07) is 7.99. The van der Waals surface area contributed by atoms with E-state index in [0.717, 1.165) is 42.4 Å². The number of nitrogens with zero attached hydrogens (tertiary/aromatic N) is 3. The molecule has 0 unspecified atom stereocenters. The largest absolute Gasteiger partial charge is 0.444 e. The fourth-order valence-corrected chi connectivity index (χ4v) is 3.82. The predicted octanol–water partition coefficient (Wildman–Crippen LogP) is 4.34. The van der Waals surface area contributed by atoms with Crippen LogP contribution >= 0.6 is 0 Å². The number of aromatic nitrogens is 2. The topological polar surface area (TPSA) is 79.4 Å². The van der Waals surface area contributed by atoms with E-state index in [-0.39, 0.29) is 11.6 Å². The van der Waals surface area contributed by atoms with Crippen molar-refractivity contribution in [3.8, 4) is 0 Å². The molecule has 0 aliphatic heterocycles. The van der Waals surface area contributed by atoms with Crippen molar-refractivity contribution in [1.82, 2.24) is 15.3 Å². The number of hydrogen-bond acceptors (Lipinski definition) is 6. The molecule has 0 atom stereocenters. The number of amides is 1. The number of ether oxygens (including phenoxy) is 1. The highest BCUT2D eigenvalue weighted by Gasteiger charge is 2.35. The maximum atomic E-state index is 12.5. The first-order valence-electron chi connectivity index (χ1n) is 10.4. The van der Waals surface area contributed by atoms with Gasteiger partial charge in [0.2, 0.25) is 5.95 Å². The maximum Gasteiger partial charge on any atom is 0.408 e. The van der Waals surface area contributed by atoms with E-state index < -0.39 is 5.60 Å². The van der Waals surface area contributed by atoms with Gasteiger partial charge in [0, 0.05) is 26.0 Å². The number of alkyl carbamates (subject to hydrolysis) is 1. The molecule has 1 fully saturated rings. The number of carbonyl (C=O) groups is 1. The van der Waals surface area contributed by atoms with Crippen molar-refractivity contribution < 1.29 is 9.53 Å². The molecule has 3 rings (SSSR count). The van der Waals surface area contributed by atoms with E-state index in [4.69, 9.17) is 9.72 Å². The Labute approximate surface area is 173 Å². The number of fused-ring (bicyclic) bond motifs is 1. The molecular weight excluding hydrogens is 366 g/mol. The molecule has 2 N–H and O–H groups in total. The van der Waals surface area contributed by atoms with Crippen molar-refractivity contribution in [3.05, 3.63) is 24.3 Å². The quantitative estimate of drug-likeness (QED) is 0.779. The molecule has 1 aromatic carbocycles. The molecule has 0 radical (unpaired) electrons. The molecule has 1 aromatic heterocycles. The Morgan fingerprint density at radius 2 is 1.83 bits per heavy atom. The smallest absolute Gasteiger partial charge is 0.408 e. The molecule has 0 spiro atoms. The van der Waals surface area contributed by atoms with Crippen molar-refractivity contribution in [1.29, 1.82) is 0 Å². The first kappa shape index (κ1) is 21.1. The molecule has 29 heavy (non-hydrogen) atoms. The standard InChI is InChI=1S/C22H33N5O2/c1-21(2,3)29-20(28)26-22(13-9-6-10-14-22)15-23-19-24-17-12-8-7-11-16(17)18(25-19)27(4)5/h7-8,11-12H,6,9-10,13-15H2,1-5H3,(H,26,28)(H,23,24,25). The Balaban J connectivity index is 1.80. The molecule has 1 heterocycles. The average Bonchev–Trinajstić information content (AvgIpc) is 2.65. The number of benzene rings is 1. The van der Waals surface area contributed by atoms with E-state index in [9.17, 15) is 4.79 Å². The van der Waals surface area contributed by atoms with Crippen molar-refractivity contribution >= 4 is 28.8 Å². The van der Waals surface area contributed by atoms with E-state index in [2.05, 4.69) is 15.6 Å². The third-order valence-electron chi connectivity index (χ3n) is 5.17. The van der Waals surface area contributed by atoms with Gasteiger partial charge in [-0.15, -0.1) is 0 Å². The second kappa shape index (κ2) is 8.43. The van der Waals surface area contributed by atoms with Crippen molar-refractivity contribution in [2.24, 2.45) is 0 Å². The van der Waals surface area contributed by atoms with Gasteiger partial charge in [0.15, 0.2) is 0 Å². The lowest BCUT2D eigenvalue weighted by molar-refractivity contribution is 0.0434. The highest BCUT2D eigenvalue weighted by molar-refractivity contribution is 5.90. The molecule has 0 saturated heterocycles. The van der Waals surface area contributed by atoms with E-state index in [1.54, 1.807) is 0 Å². The lowest BCUT2D eigenvalue weighted by atomic mass is 9.81. The van der Waals surface area contributed by atoms with Crippen molar-refractivity contribution in [2.75, 3.05) is 30.9 Å². The zero-order valence-corrected chi connectivity index (χ0v) is 18.2. The Hall–Kier alpha value is -2.57. The van der Waals surface area contributed by atoms with Gasteiger partial charge >= 0.3 is 6.09 Å². The van der Waals surface area contributed by atoms with E-state index in [1.807, 2.05) is 64.0 Å². The Morgan fingerprint density at radius 3 is 2.48 bits per heavy atom. The molecule has 1 aliphatic carbocycles. The molecule has 2 aromatic rings. The Kier molecular flexibility index (Phi) is 6.15. The summed E-state index contributed by atoms with van der Waals surface area (Å²) in [5.74, 6) is 1.44. The van der Waals surface area contributed by atoms with Gasteiger partial charge in [0.25, 0.3) is 0 Å². The summed E-state index contributed by atoms with van der Waals surface area (Å²) in [5.41, 5.74) is 0.0232. The molecule has 0 bridgehead atoms. The Bertz CT molecular complexity index is 854. The van der Waals surface area contributed by atoms with Crippen LogP contribution in [0.2, 0.25) is 0 Å². The zero-order chi connectivity index (χ0) is 21.1. The average molecular weight is 400 g/mol. The number of anilines is 2. The zero-order valence-electron chi connectivity index (χ0n) is 18.2. The van der Waals surface area contributed by atoms with Gasteiger partial charge in [-0.25, -0.2) is 9.78 Å². The number of carbonyl (C=O) groups excluding carboxylic acids is 1. The fourth-order valence-electron chi connectivity index (χ4n) is 3.82. The van der Waals surface area contributed by atoms with Crippen LogP contribution in [0.15, 0.2) is 24.3 Å².